The number of nitrogens with one attached hydrogen (secondary N) is 1. The van der Waals surface area contributed by atoms with Gasteiger partial charge in [0.2, 0.25) is 10.0 Å². The first-order chi connectivity index (χ1) is 7.05. The number of benzene rings is 1. The van der Waals surface area contributed by atoms with Crippen molar-refractivity contribution in [3.8, 4) is 0 Å². The van der Waals surface area contributed by atoms with E-state index in [1.807, 2.05) is 0 Å². The lowest BCUT2D eigenvalue weighted by Crippen LogP contribution is -2.19. The molecule has 84 valence electrons. The lowest BCUT2D eigenvalue weighted by atomic mass is 10.3. The molecule has 0 bridgehead atoms. The monoisotopic (exact) mass is 232 g/mol. The summed E-state index contributed by atoms with van der Waals surface area (Å²) in [7, 11) is -3.49. The van der Waals surface area contributed by atoms with Crippen LogP contribution in [0.25, 0.3) is 0 Å². The zero-order valence-corrected chi connectivity index (χ0v) is 8.93. The fourth-order valence-corrected chi connectivity index (χ4v) is 2.19. The second-order valence-electron chi connectivity index (χ2n) is 3.04. The van der Waals surface area contributed by atoms with Crippen LogP contribution in [0, 0.1) is 5.82 Å². The van der Waals surface area contributed by atoms with Gasteiger partial charge in [0.15, 0.2) is 0 Å². The Hall–Kier alpha value is -1.14. The Morgan fingerprint density at radius 2 is 2.00 bits per heavy atom. The quantitative estimate of drug-likeness (QED) is 0.792. The first-order valence-electron chi connectivity index (χ1n) is 4.50. The summed E-state index contributed by atoms with van der Waals surface area (Å²) in [5.41, 5.74) is 5.16. The van der Waals surface area contributed by atoms with Crippen LogP contribution >= 0.6 is 0 Å². The van der Waals surface area contributed by atoms with Crippen molar-refractivity contribution in [1.82, 2.24) is 0 Å². The number of hydrogen-bond acceptors (Lipinski definition) is 3. The van der Waals surface area contributed by atoms with Crippen molar-refractivity contribution in [3.63, 3.8) is 0 Å². The molecule has 0 aliphatic heterocycles. The molecule has 0 saturated carbocycles. The predicted octanol–water partition coefficient (Wildman–Crippen LogP) is 0.916. The van der Waals surface area contributed by atoms with Gasteiger partial charge in [-0.1, -0.05) is 12.1 Å². The number of hydrogen-bond donors (Lipinski definition) is 2. The highest BCUT2D eigenvalue weighted by molar-refractivity contribution is 7.92. The number of nitrogens with two attached hydrogens (primary N) is 1. The van der Waals surface area contributed by atoms with Crippen LogP contribution in [0.4, 0.5) is 10.1 Å². The molecule has 0 fully saturated rings. The van der Waals surface area contributed by atoms with Gasteiger partial charge < -0.3 is 5.73 Å². The molecular formula is C9H13FN2O2S. The SMILES string of the molecule is NCCCS(=O)(=O)Nc1ccccc1F. The Bertz CT molecular complexity index is 420. The van der Waals surface area contributed by atoms with Gasteiger partial charge in [-0.05, 0) is 25.1 Å². The molecule has 3 N–H and O–H groups in total. The lowest BCUT2D eigenvalue weighted by Gasteiger charge is -2.07. The van der Waals surface area contributed by atoms with Crippen molar-refractivity contribution in [2.45, 2.75) is 6.42 Å². The van der Waals surface area contributed by atoms with Crippen LogP contribution in [0.5, 0.6) is 0 Å². The van der Waals surface area contributed by atoms with E-state index in [0.29, 0.717) is 6.42 Å². The standard InChI is InChI=1S/C9H13FN2O2S/c10-8-4-1-2-5-9(8)12-15(13,14)7-3-6-11/h1-2,4-5,12H,3,6-7,11H2. The summed E-state index contributed by atoms with van der Waals surface area (Å²) in [5.74, 6) is -0.688. The largest absolute Gasteiger partial charge is 0.330 e. The van der Waals surface area contributed by atoms with Gasteiger partial charge in [-0.15, -0.1) is 0 Å². The molecule has 0 spiro atoms. The van der Waals surface area contributed by atoms with E-state index in [4.69, 9.17) is 5.73 Å². The van der Waals surface area contributed by atoms with E-state index in [-0.39, 0.29) is 18.0 Å². The van der Waals surface area contributed by atoms with Crippen LogP contribution in [0.15, 0.2) is 24.3 Å². The molecular weight excluding hydrogens is 219 g/mol. The van der Waals surface area contributed by atoms with Crippen molar-refractivity contribution < 1.29 is 12.8 Å². The maximum Gasteiger partial charge on any atom is 0.232 e. The van der Waals surface area contributed by atoms with Crippen LogP contribution in [0.2, 0.25) is 0 Å². The molecule has 0 radical (unpaired) electrons. The molecule has 1 aromatic carbocycles. The second kappa shape index (κ2) is 5.09. The van der Waals surface area contributed by atoms with Crippen LogP contribution in [0.3, 0.4) is 0 Å². The molecule has 1 aromatic rings. The van der Waals surface area contributed by atoms with Crippen molar-refractivity contribution in [2.24, 2.45) is 5.73 Å². The highest BCUT2D eigenvalue weighted by Crippen LogP contribution is 2.14. The normalized spacial score (nSPS) is 11.3. The highest BCUT2D eigenvalue weighted by Gasteiger charge is 2.11. The molecule has 0 aliphatic carbocycles. The maximum atomic E-state index is 13.1. The summed E-state index contributed by atoms with van der Waals surface area (Å²) in [6.45, 7) is 0.290. The molecule has 0 heterocycles. The minimum absolute atomic E-state index is 0.0329. The zero-order chi connectivity index (χ0) is 11.3. The van der Waals surface area contributed by atoms with E-state index in [1.54, 1.807) is 6.07 Å². The third-order valence-electron chi connectivity index (χ3n) is 1.76. The molecule has 0 amide bonds. The average Bonchev–Trinajstić information content (AvgIpc) is 2.18. The second-order valence-corrected chi connectivity index (χ2v) is 4.88. The molecule has 0 unspecified atom stereocenters. The van der Waals surface area contributed by atoms with Crippen LogP contribution in [-0.2, 0) is 10.0 Å². The van der Waals surface area contributed by atoms with E-state index in [9.17, 15) is 12.8 Å². The highest BCUT2D eigenvalue weighted by atomic mass is 32.2. The zero-order valence-electron chi connectivity index (χ0n) is 8.11. The Labute approximate surface area is 88.3 Å². The van der Waals surface area contributed by atoms with Gasteiger partial charge in [0.05, 0.1) is 11.4 Å². The van der Waals surface area contributed by atoms with Gasteiger partial charge in [-0.3, -0.25) is 4.72 Å². The van der Waals surface area contributed by atoms with Crippen LogP contribution in [-0.4, -0.2) is 20.7 Å². The average molecular weight is 232 g/mol. The molecule has 1 rings (SSSR count). The van der Waals surface area contributed by atoms with Crippen LogP contribution in [0.1, 0.15) is 6.42 Å². The van der Waals surface area contributed by atoms with Crippen molar-refractivity contribution >= 4 is 15.7 Å². The van der Waals surface area contributed by atoms with E-state index >= 15 is 0 Å². The van der Waals surface area contributed by atoms with Gasteiger partial charge in [-0.25, -0.2) is 12.8 Å². The Kier molecular flexibility index (Phi) is 4.05. The fraction of sp³-hybridized carbons (Fsp3) is 0.333. The maximum absolute atomic E-state index is 13.1. The third-order valence-corrected chi connectivity index (χ3v) is 3.11. The van der Waals surface area contributed by atoms with Crippen molar-refractivity contribution in [1.29, 1.82) is 0 Å². The van der Waals surface area contributed by atoms with E-state index < -0.39 is 15.8 Å². The third kappa shape index (κ3) is 3.85. The summed E-state index contributed by atoms with van der Waals surface area (Å²) in [6.07, 6.45) is 0.351. The number of halogens is 1. The summed E-state index contributed by atoms with van der Waals surface area (Å²) >= 11 is 0. The Balaban J connectivity index is 2.74. The summed E-state index contributed by atoms with van der Waals surface area (Å²) in [6, 6.07) is 5.62. The van der Waals surface area contributed by atoms with Gasteiger partial charge in [0.1, 0.15) is 5.82 Å². The Morgan fingerprint density at radius 1 is 1.33 bits per heavy atom. The first-order valence-corrected chi connectivity index (χ1v) is 6.15. The van der Waals surface area contributed by atoms with Gasteiger partial charge in [0.25, 0.3) is 0 Å². The lowest BCUT2D eigenvalue weighted by molar-refractivity contribution is 0.596. The minimum Gasteiger partial charge on any atom is -0.330 e. The van der Waals surface area contributed by atoms with Gasteiger partial charge in [0, 0.05) is 0 Å². The van der Waals surface area contributed by atoms with Gasteiger partial charge in [-0.2, -0.15) is 0 Å². The number of para-hydroxylation sites is 1. The van der Waals surface area contributed by atoms with Gasteiger partial charge >= 0.3 is 0 Å². The fourth-order valence-electron chi connectivity index (χ4n) is 1.04. The molecule has 0 atom stereocenters. The molecule has 15 heavy (non-hydrogen) atoms. The van der Waals surface area contributed by atoms with E-state index in [0.717, 1.165) is 0 Å². The molecule has 4 nitrogen and oxygen atoms in total. The van der Waals surface area contributed by atoms with Crippen molar-refractivity contribution in [3.05, 3.63) is 30.1 Å². The number of sulfonamides is 1. The van der Waals surface area contributed by atoms with Crippen molar-refractivity contribution in [2.75, 3.05) is 17.0 Å². The minimum atomic E-state index is -3.49. The molecule has 6 heteroatoms. The predicted molar refractivity (Wildman–Crippen MR) is 57.5 cm³/mol. The first kappa shape index (κ1) is 11.9. The number of rotatable bonds is 5. The molecule has 0 aliphatic rings. The summed E-state index contributed by atoms with van der Waals surface area (Å²) < 4.78 is 38.0. The Morgan fingerprint density at radius 3 is 2.60 bits per heavy atom. The summed E-state index contributed by atoms with van der Waals surface area (Å²) in [4.78, 5) is 0. The molecule has 0 saturated heterocycles. The van der Waals surface area contributed by atoms with E-state index in [1.165, 1.54) is 18.2 Å². The van der Waals surface area contributed by atoms with E-state index in [2.05, 4.69) is 4.72 Å². The topological polar surface area (TPSA) is 72.2 Å². The smallest absolute Gasteiger partial charge is 0.232 e. The van der Waals surface area contributed by atoms with Crippen LogP contribution < -0.4 is 10.5 Å². The molecule has 0 aromatic heterocycles. The number of anilines is 1. The summed E-state index contributed by atoms with van der Waals surface area (Å²) in [5, 5.41) is 0.